The summed E-state index contributed by atoms with van der Waals surface area (Å²) in [4.78, 5) is 10.7. The fourth-order valence-corrected chi connectivity index (χ4v) is 1.11. The topological polar surface area (TPSA) is 31.2 Å². The highest BCUT2D eigenvalue weighted by atomic mass is 19.1. The van der Waals surface area contributed by atoms with Crippen molar-refractivity contribution in [3.8, 4) is 0 Å². The molecule has 1 heterocycles. The zero-order valence-electron chi connectivity index (χ0n) is 5.62. The van der Waals surface area contributed by atoms with E-state index in [1.807, 2.05) is 0 Å². The van der Waals surface area contributed by atoms with E-state index in [-0.39, 0.29) is 0 Å². The van der Waals surface area contributed by atoms with Gasteiger partial charge >= 0.3 is 0 Å². The van der Waals surface area contributed by atoms with Crippen LogP contribution >= 0.6 is 0 Å². The van der Waals surface area contributed by atoms with Gasteiger partial charge in [0.2, 0.25) is 6.17 Å². The van der Waals surface area contributed by atoms with Crippen LogP contribution in [0.4, 0.5) is 10.1 Å². The average Bonchev–Trinajstić information content (AvgIpc) is 2.30. The normalized spacial score (nSPS) is 21.2. The van der Waals surface area contributed by atoms with Crippen LogP contribution in [0, 0.1) is 0 Å². The minimum absolute atomic E-state index is 0.387. The van der Waals surface area contributed by atoms with E-state index in [9.17, 15) is 9.18 Å². The summed E-state index contributed by atoms with van der Waals surface area (Å²) in [6.07, 6.45) is -1.54. The number of para-hydroxylation sites is 1. The van der Waals surface area contributed by atoms with Crippen LogP contribution in [0.2, 0.25) is 0 Å². The van der Waals surface area contributed by atoms with Gasteiger partial charge in [0.15, 0.2) is 0 Å². The lowest BCUT2D eigenvalue weighted by atomic mass is 10.1. The third-order valence-corrected chi connectivity index (χ3v) is 1.66. The van der Waals surface area contributed by atoms with Crippen molar-refractivity contribution in [3.63, 3.8) is 0 Å². The molecule has 3 heteroatoms. The Morgan fingerprint density at radius 2 is 2.09 bits per heavy atom. The Balaban J connectivity index is 2.55. The number of rotatable bonds is 0. The van der Waals surface area contributed by atoms with Crippen LogP contribution in [0.25, 0.3) is 0 Å². The highest BCUT2D eigenvalue weighted by Crippen LogP contribution is 2.32. The van der Waals surface area contributed by atoms with Gasteiger partial charge in [-0.3, -0.25) is 4.79 Å². The summed E-state index contributed by atoms with van der Waals surface area (Å²) in [5.74, 6) is -0.689. The number of amides is 1. The van der Waals surface area contributed by atoms with Gasteiger partial charge in [-0.15, -0.1) is 0 Å². The summed E-state index contributed by atoms with van der Waals surface area (Å²) in [7, 11) is 0. The highest BCUT2D eigenvalue weighted by molar-refractivity contribution is 5.92. The Morgan fingerprint density at radius 3 is 2.82 bits per heavy atom. The molecule has 55 valence electrons. The maximum absolute atomic E-state index is 12.9. The lowest BCUT2D eigenvalue weighted by Crippen LogP contribution is -2.06. The molecule has 1 atom stereocenters. The Kier molecular flexibility index (Phi) is 1.18. The Labute approximate surface area is 63.0 Å². The Hall–Kier alpha value is -1.38. The van der Waals surface area contributed by atoms with Gasteiger partial charge in [0, 0.05) is 5.56 Å². The molecular formula is C8H5FNO. The molecule has 0 saturated heterocycles. The lowest BCUT2D eigenvalue weighted by Gasteiger charge is -1.93. The third-order valence-electron chi connectivity index (χ3n) is 1.66. The quantitative estimate of drug-likeness (QED) is 0.551. The molecular weight excluding hydrogens is 145 g/mol. The van der Waals surface area contributed by atoms with Gasteiger partial charge in [-0.25, -0.2) is 9.71 Å². The van der Waals surface area contributed by atoms with E-state index in [2.05, 4.69) is 5.32 Å². The molecule has 0 bridgehead atoms. The Bertz CT molecular complexity index is 311. The monoisotopic (exact) mass is 150 g/mol. The second kappa shape index (κ2) is 2.05. The van der Waals surface area contributed by atoms with Crippen molar-refractivity contribution >= 4 is 11.6 Å². The summed E-state index contributed by atoms with van der Waals surface area (Å²) >= 11 is 0. The van der Waals surface area contributed by atoms with Crippen LogP contribution in [0.1, 0.15) is 11.7 Å². The van der Waals surface area contributed by atoms with Gasteiger partial charge in [0.05, 0.1) is 5.69 Å². The average molecular weight is 150 g/mol. The standard InChI is InChI=1S/C8H5FNO/c9-7-5-3-1-2-4-6(5)10-8(7)11/h1-4,7H. The van der Waals surface area contributed by atoms with Gasteiger partial charge in [0.1, 0.15) is 0 Å². The first-order valence-corrected chi connectivity index (χ1v) is 3.27. The SMILES string of the molecule is O=C1[N]c2ccccc2C1F. The van der Waals surface area contributed by atoms with Crippen molar-refractivity contribution in [3.05, 3.63) is 29.8 Å². The first-order valence-electron chi connectivity index (χ1n) is 3.27. The smallest absolute Gasteiger partial charge is 0.269 e. The van der Waals surface area contributed by atoms with Gasteiger partial charge in [0.25, 0.3) is 5.91 Å². The molecule has 1 aliphatic heterocycles. The van der Waals surface area contributed by atoms with E-state index >= 15 is 0 Å². The van der Waals surface area contributed by atoms with Crippen LogP contribution in [0.15, 0.2) is 24.3 Å². The summed E-state index contributed by atoms with van der Waals surface area (Å²) in [6.45, 7) is 0. The molecule has 0 N–H and O–H groups in total. The van der Waals surface area contributed by atoms with E-state index in [4.69, 9.17) is 0 Å². The maximum Gasteiger partial charge on any atom is 0.285 e. The predicted molar refractivity (Wildman–Crippen MR) is 37.1 cm³/mol. The van der Waals surface area contributed by atoms with Crippen molar-refractivity contribution in [2.24, 2.45) is 0 Å². The fraction of sp³-hybridized carbons (Fsp3) is 0.125. The molecule has 0 aromatic heterocycles. The molecule has 2 rings (SSSR count). The minimum atomic E-state index is -1.54. The number of carbonyl (C=O) groups excluding carboxylic acids is 1. The zero-order chi connectivity index (χ0) is 7.84. The highest BCUT2D eigenvalue weighted by Gasteiger charge is 2.31. The number of nitrogens with zero attached hydrogens (tertiary/aromatic N) is 1. The molecule has 1 aliphatic rings. The van der Waals surface area contributed by atoms with Crippen LogP contribution in [0.3, 0.4) is 0 Å². The Morgan fingerprint density at radius 1 is 1.36 bits per heavy atom. The number of hydrogen-bond donors (Lipinski definition) is 0. The van der Waals surface area contributed by atoms with Crippen LogP contribution in [-0.2, 0) is 4.79 Å². The number of fused-ring (bicyclic) bond motifs is 1. The number of carbonyl (C=O) groups is 1. The van der Waals surface area contributed by atoms with Crippen molar-refractivity contribution < 1.29 is 9.18 Å². The van der Waals surface area contributed by atoms with E-state index in [0.717, 1.165) is 0 Å². The molecule has 2 nitrogen and oxygen atoms in total. The molecule has 1 amide bonds. The minimum Gasteiger partial charge on any atom is -0.269 e. The first-order chi connectivity index (χ1) is 5.29. The predicted octanol–water partition coefficient (Wildman–Crippen LogP) is 1.47. The number of hydrogen-bond acceptors (Lipinski definition) is 1. The second-order valence-corrected chi connectivity index (χ2v) is 2.37. The van der Waals surface area contributed by atoms with Gasteiger partial charge in [-0.1, -0.05) is 18.2 Å². The van der Waals surface area contributed by atoms with Gasteiger partial charge in [-0.2, -0.15) is 0 Å². The molecule has 0 saturated carbocycles. The summed E-state index contributed by atoms with van der Waals surface area (Å²) in [5, 5.41) is 3.52. The van der Waals surface area contributed by atoms with E-state index in [1.54, 1.807) is 24.3 Å². The number of benzene rings is 1. The molecule has 1 aromatic rings. The van der Waals surface area contributed by atoms with Gasteiger partial charge < -0.3 is 0 Å². The first kappa shape index (κ1) is 6.34. The van der Waals surface area contributed by atoms with Crippen molar-refractivity contribution in [2.75, 3.05) is 0 Å². The van der Waals surface area contributed by atoms with Crippen LogP contribution in [0.5, 0.6) is 0 Å². The van der Waals surface area contributed by atoms with E-state index < -0.39 is 12.1 Å². The lowest BCUT2D eigenvalue weighted by molar-refractivity contribution is -0.124. The third kappa shape index (κ3) is 0.808. The largest absolute Gasteiger partial charge is 0.285 e. The molecule has 0 fully saturated rings. The number of alkyl halides is 1. The molecule has 1 aromatic carbocycles. The van der Waals surface area contributed by atoms with Crippen molar-refractivity contribution in [1.29, 1.82) is 0 Å². The van der Waals surface area contributed by atoms with Crippen LogP contribution < -0.4 is 5.32 Å². The molecule has 11 heavy (non-hydrogen) atoms. The van der Waals surface area contributed by atoms with E-state index in [0.29, 0.717) is 11.3 Å². The van der Waals surface area contributed by atoms with Crippen molar-refractivity contribution in [1.82, 2.24) is 5.32 Å². The van der Waals surface area contributed by atoms with Gasteiger partial charge in [-0.05, 0) is 6.07 Å². The zero-order valence-corrected chi connectivity index (χ0v) is 5.62. The molecule has 0 spiro atoms. The van der Waals surface area contributed by atoms with E-state index in [1.165, 1.54) is 0 Å². The second-order valence-electron chi connectivity index (χ2n) is 2.37. The van der Waals surface area contributed by atoms with Crippen molar-refractivity contribution in [2.45, 2.75) is 6.17 Å². The molecule has 1 unspecified atom stereocenters. The maximum atomic E-state index is 12.9. The summed E-state index contributed by atoms with van der Waals surface area (Å²) in [5.41, 5.74) is 0.850. The summed E-state index contributed by atoms with van der Waals surface area (Å²) < 4.78 is 12.9. The summed E-state index contributed by atoms with van der Waals surface area (Å²) in [6, 6.07) is 6.63. The number of halogens is 1. The molecule has 1 radical (unpaired) electrons. The van der Waals surface area contributed by atoms with Crippen LogP contribution in [-0.4, -0.2) is 5.91 Å². The molecule has 0 aliphatic carbocycles. The fourth-order valence-electron chi connectivity index (χ4n) is 1.11.